The van der Waals surface area contributed by atoms with Crippen molar-refractivity contribution in [2.24, 2.45) is 5.73 Å². The van der Waals surface area contributed by atoms with E-state index in [9.17, 15) is 0 Å². The third kappa shape index (κ3) is 3.00. The van der Waals surface area contributed by atoms with Crippen LogP contribution in [0.3, 0.4) is 0 Å². The Balaban J connectivity index is 1.77. The van der Waals surface area contributed by atoms with Crippen LogP contribution in [0, 0.1) is 0 Å². The van der Waals surface area contributed by atoms with E-state index < -0.39 is 0 Å². The predicted octanol–water partition coefficient (Wildman–Crippen LogP) is 1.83. The highest BCUT2D eigenvalue weighted by molar-refractivity contribution is 5.02. The molecule has 2 N–H and O–H groups in total. The number of fused-ring (bicyclic) bond motifs is 1. The fourth-order valence-corrected chi connectivity index (χ4v) is 4.76. The first kappa shape index (κ1) is 15.7. The second-order valence-corrected chi connectivity index (χ2v) is 7.64. The van der Waals surface area contributed by atoms with Gasteiger partial charge in [0.1, 0.15) is 0 Å². The molecule has 3 aliphatic heterocycles. The summed E-state index contributed by atoms with van der Waals surface area (Å²) in [6, 6.07) is 0.770. The zero-order valence-electron chi connectivity index (χ0n) is 13.9. The second kappa shape index (κ2) is 6.15. The SMILES string of the molecule is CCC1(C)CC(CN)(N2CCCN3CCCC3C2)CCO1. The molecule has 0 spiro atoms. The van der Waals surface area contributed by atoms with Crippen LogP contribution in [0.25, 0.3) is 0 Å². The van der Waals surface area contributed by atoms with Crippen LogP contribution in [0.1, 0.15) is 52.4 Å². The number of nitrogens with zero attached hydrogens (tertiary/aromatic N) is 2. The minimum Gasteiger partial charge on any atom is -0.375 e. The fourth-order valence-electron chi connectivity index (χ4n) is 4.76. The van der Waals surface area contributed by atoms with Gasteiger partial charge in [-0.3, -0.25) is 9.80 Å². The smallest absolute Gasteiger partial charge is 0.0670 e. The zero-order chi connectivity index (χ0) is 14.9. The van der Waals surface area contributed by atoms with E-state index in [4.69, 9.17) is 10.5 Å². The minimum atomic E-state index is 0.0132. The Morgan fingerprint density at radius 2 is 2.05 bits per heavy atom. The molecule has 0 bridgehead atoms. The Kier molecular flexibility index (Phi) is 4.60. The Morgan fingerprint density at radius 1 is 1.24 bits per heavy atom. The summed E-state index contributed by atoms with van der Waals surface area (Å²) in [5.74, 6) is 0. The molecule has 0 aromatic rings. The number of hydrogen-bond acceptors (Lipinski definition) is 4. The molecule has 21 heavy (non-hydrogen) atoms. The lowest BCUT2D eigenvalue weighted by Crippen LogP contribution is -2.62. The lowest BCUT2D eigenvalue weighted by atomic mass is 9.77. The van der Waals surface area contributed by atoms with Crippen molar-refractivity contribution >= 4 is 0 Å². The quantitative estimate of drug-likeness (QED) is 0.862. The zero-order valence-corrected chi connectivity index (χ0v) is 13.9. The summed E-state index contributed by atoms with van der Waals surface area (Å²) in [7, 11) is 0. The topological polar surface area (TPSA) is 41.7 Å². The van der Waals surface area contributed by atoms with Gasteiger partial charge in [0.15, 0.2) is 0 Å². The predicted molar refractivity (Wildman–Crippen MR) is 86.5 cm³/mol. The molecule has 122 valence electrons. The molecule has 0 radical (unpaired) electrons. The molecule has 0 aromatic carbocycles. The van der Waals surface area contributed by atoms with Gasteiger partial charge in [0.05, 0.1) is 5.60 Å². The second-order valence-electron chi connectivity index (χ2n) is 7.64. The van der Waals surface area contributed by atoms with Crippen LogP contribution in [-0.4, -0.2) is 66.3 Å². The van der Waals surface area contributed by atoms with Crippen LogP contribution in [0.4, 0.5) is 0 Å². The van der Waals surface area contributed by atoms with Gasteiger partial charge in [0.2, 0.25) is 0 Å². The maximum atomic E-state index is 6.32. The van der Waals surface area contributed by atoms with Gasteiger partial charge in [0, 0.05) is 37.8 Å². The number of rotatable bonds is 3. The van der Waals surface area contributed by atoms with Crippen molar-refractivity contribution in [2.75, 3.05) is 39.3 Å². The van der Waals surface area contributed by atoms with Gasteiger partial charge in [0.25, 0.3) is 0 Å². The van der Waals surface area contributed by atoms with Gasteiger partial charge >= 0.3 is 0 Å². The summed E-state index contributed by atoms with van der Waals surface area (Å²) in [6.07, 6.45) is 7.33. The molecule has 0 aromatic heterocycles. The molecule has 3 heterocycles. The monoisotopic (exact) mass is 295 g/mol. The highest BCUT2D eigenvalue weighted by Gasteiger charge is 2.46. The van der Waals surface area contributed by atoms with Crippen LogP contribution in [0.2, 0.25) is 0 Å². The van der Waals surface area contributed by atoms with Crippen molar-refractivity contribution in [1.82, 2.24) is 9.80 Å². The number of ether oxygens (including phenoxy) is 1. The average molecular weight is 295 g/mol. The maximum absolute atomic E-state index is 6.32. The van der Waals surface area contributed by atoms with Crippen LogP contribution in [-0.2, 0) is 4.74 Å². The molecule has 4 nitrogen and oxygen atoms in total. The van der Waals surface area contributed by atoms with E-state index in [0.717, 1.165) is 38.5 Å². The van der Waals surface area contributed by atoms with E-state index in [1.165, 1.54) is 45.4 Å². The molecular formula is C17H33N3O. The van der Waals surface area contributed by atoms with E-state index in [1.807, 2.05) is 0 Å². The van der Waals surface area contributed by atoms with Crippen molar-refractivity contribution in [3.63, 3.8) is 0 Å². The average Bonchev–Trinajstić information content (AvgIpc) is 2.84. The number of nitrogens with two attached hydrogens (primary N) is 1. The summed E-state index contributed by atoms with van der Waals surface area (Å²) in [5.41, 5.74) is 6.50. The van der Waals surface area contributed by atoms with E-state index in [1.54, 1.807) is 0 Å². The normalized spacial score (nSPS) is 42.7. The third-order valence-corrected chi connectivity index (χ3v) is 6.32. The highest BCUT2D eigenvalue weighted by atomic mass is 16.5. The van der Waals surface area contributed by atoms with Crippen molar-refractivity contribution in [1.29, 1.82) is 0 Å². The molecule has 4 heteroatoms. The Labute approximate surface area is 130 Å². The van der Waals surface area contributed by atoms with E-state index in [2.05, 4.69) is 23.6 Å². The first-order valence-corrected chi connectivity index (χ1v) is 8.94. The largest absolute Gasteiger partial charge is 0.375 e. The summed E-state index contributed by atoms with van der Waals surface area (Å²) in [6.45, 7) is 11.2. The molecule has 3 rings (SSSR count). The standard InChI is InChI=1S/C17H33N3O/c1-3-16(2)13-17(14-18,7-11-21-16)20-10-5-9-19-8-4-6-15(19)12-20/h15H,3-14,18H2,1-2H3. The van der Waals surface area contributed by atoms with Gasteiger partial charge < -0.3 is 10.5 Å². The Hall–Kier alpha value is -0.160. The lowest BCUT2D eigenvalue weighted by Gasteiger charge is -2.52. The fraction of sp³-hybridized carbons (Fsp3) is 1.00. The van der Waals surface area contributed by atoms with E-state index in [0.29, 0.717) is 0 Å². The van der Waals surface area contributed by atoms with Gasteiger partial charge in [-0.05, 0) is 58.5 Å². The Bertz CT molecular complexity index is 364. The van der Waals surface area contributed by atoms with E-state index in [-0.39, 0.29) is 11.1 Å². The Morgan fingerprint density at radius 3 is 2.81 bits per heavy atom. The third-order valence-electron chi connectivity index (χ3n) is 6.32. The maximum Gasteiger partial charge on any atom is 0.0670 e. The van der Waals surface area contributed by atoms with Crippen LogP contribution in [0.5, 0.6) is 0 Å². The highest BCUT2D eigenvalue weighted by Crippen LogP contribution is 2.39. The van der Waals surface area contributed by atoms with Gasteiger partial charge in [-0.15, -0.1) is 0 Å². The summed E-state index contributed by atoms with van der Waals surface area (Å²) in [4.78, 5) is 5.46. The molecule has 3 fully saturated rings. The molecule has 3 aliphatic rings. The van der Waals surface area contributed by atoms with Gasteiger partial charge in [-0.2, -0.15) is 0 Å². The summed E-state index contributed by atoms with van der Waals surface area (Å²) in [5, 5.41) is 0. The van der Waals surface area contributed by atoms with Crippen LogP contribution < -0.4 is 5.73 Å². The molecule has 3 atom stereocenters. The van der Waals surface area contributed by atoms with Gasteiger partial charge in [-0.25, -0.2) is 0 Å². The summed E-state index contributed by atoms with van der Waals surface area (Å²) < 4.78 is 6.09. The molecule has 3 unspecified atom stereocenters. The minimum absolute atomic E-state index is 0.0132. The molecule has 0 saturated carbocycles. The summed E-state index contributed by atoms with van der Waals surface area (Å²) >= 11 is 0. The lowest BCUT2D eigenvalue weighted by molar-refractivity contribution is -0.129. The first-order chi connectivity index (χ1) is 10.1. The first-order valence-electron chi connectivity index (χ1n) is 8.94. The van der Waals surface area contributed by atoms with Crippen LogP contribution in [0.15, 0.2) is 0 Å². The van der Waals surface area contributed by atoms with Crippen LogP contribution >= 0.6 is 0 Å². The van der Waals surface area contributed by atoms with E-state index >= 15 is 0 Å². The van der Waals surface area contributed by atoms with Gasteiger partial charge in [-0.1, -0.05) is 6.92 Å². The molecular weight excluding hydrogens is 262 g/mol. The molecule has 3 saturated heterocycles. The van der Waals surface area contributed by atoms with Crippen molar-refractivity contribution in [3.05, 3.63) is 0 Å². The molecule has 0 amide bonds. The van der Waals surface area contributed by atoms with Crippen molar-refractivity contribution < 1.29 is 4.74 Å². The van der Waals surface area contributed by atoms with Crippen molar-refractivity contribution in [3.8, 4) is 0 Å². The van der Waals surface area contributed by atoms with Crippen molar-refractivity contribution in [2.45, 2.75) is 69.6 Å². The number of hydrogen-bond donors (Lipinski definition) is 1. The molecule has 0 aliphatic carbocycles.